The Morgan fingerprint density at radius 2 is 1.77 bits per heavy atom. The van der Waals surface area contributed by atoms with Crippen LogP contribution in [0.25, 0.3) is 10.9 Å². The molecule has 1 fully saturated rings. The summed E-state index contributed by atoms with van der Waals surface area (Å²) in [5.74, 6) is 2.23. The molecule has 0 radical (unpaired) electrons. The van der Waals surface area contributed by atoms with E-state index in [2.05, 4.69) is 39.7 Å². The number of fused-ring (bicyclic) bond motifs is 1. The van der Waals surface area contributed by atoms with Gasteiger partial charge in [-0.1, -0.05) is 30.3 Å². The second kappa shape index (κ2) is 11.2. The van der Waals surface area contributed by atoms with Gasteiger partial charge in [-0.3, -0.25) is 0 Å². The lowest BCUT2D eigenvalue weighted by Crippen LogP contribution is -2.34. The number of anilines is 1. The van der Waals surface area contributed by atoms with E-state index in [4.69, 9.17) is 9.47 Å². The second-order valence-corrected chi connectivity index (χ2v) is 7.09. The van der Waals surface area contributed by atoms with Crippen molar-refractivity contribution in [2.45, 2.75) is 31.9 Å². The average molecular weight is 451 g/mol. The van der Waals surface area contributed by atoms with Crippen LogP contribution in [-0.2, 0) is 0 Å². The summed E-state index contributed by atoms with van der Waals surface area (Å²) < 4.78 is 11.8. The Morgan fingerprint density at radius 1 is 1.03 bits per heavy atom. The lowest BCUT2D eigenvalue weighted by molar-refractivity contribution is 0.157. The zero-order valence-corrected chi connectivity index (χ0v) is 18.8. The Hall–Kier alpha value is -2.28. The van der Waals surface area contributed by atoms with E-state index in [9.17, 15) is 0 Å². The van der Waals surface area contributed by atoms with Crippen molar-refractivity contribution in [3.63, 3.8) is 0 Å². The number of piperidine rings is 1. The van der Waals surface area contributed by atoms with Crippen LogP contribution in [0.4, 0.5) is 5.82 Å². The first kappa shape index (κ1) is 24.0. The van der Waals surface area contributed by atoms with E-state index >= 15 is 0 Å². The molecule has 2 N–H and O–H groups in total. The molecule has 8 heteroatoms. The SMILES string of the molecule is COc1cc2ncnc(N[C@H](C)c3ccccc3)c2cc1OC1CCNCC1.Cl.Cl. The molecule has 30 heavy (non-hydrogen) atoms. The number of rotatable bonds is 6. The average Bonchev–Trinajstić information content (AvgIpc) is 2.75. The molecule has 1 aromatic heterocycles. The quantitative estimate of drug-likeness (QED) is 0.562. The molecule has 6 nitrogen and oxygen atoms in total. The lowest BCUT2D eigenvalue weighted by atomic mass is 10.1. The maximum atomic E-state index is 6.28. The van der Waals surface area contributed by atoms with Gasteiger partial charge in [0, 0.05) is 17.5 Å². The molecule has 2 heterocycles. The highest BCUT2D eigenvalue weighted by Crippen LogP contribution is 2.36. The molecular weight excluding hydrogens is 423 g/mol. The van der Waals surface area contributed by atoms with E-state index in [-0.39, 0.29) is 37.0 Å². The van der Waals surface area contributed by atoms with E-state index < -0.39 is 0 Å². The highest BCUT2D eigenvalue weighted by atomic mass is 35.5. The highest BCUT2D eigenvalue weighted by Gasteiger charge is 2.19. The lowest BCUT2D eigenvalue weighted by Gasteiger charge is -2.25. The van der Waals surface area contributed by atoms with Crippen molar-refractivity contribution in [3.8, 4) is 11.5 Å². The third kappa shape index (κ3) is 5.45. The summed E-state index contributed by atoms with van der Waals surface area (Å²) in [6.45, 7) is 4.08. The molecule has 0 aliphatic carbocycles. The van der Waals surface area contributed by atoms with Gasteiger partial charge >= 0.3 is 0 Å². The number of nitrogens with zero attached hydrogens (tertiary/aromatic N) is 2. The Kier molecular flexibility index (Phi) is 8.96. The molecular formula is C22H28Cl2N4O2. The normalized spacial score (nSPS) is 14.9. The van der Waals surface area contributed by atoms with Crippen molar-refractivity contribution >= 4 is 41.5 Å². The Morgan fingerprint density at radius 3 is 2.47 bits per heavy atom. The van der Waals surface area contributed by atoms with Crippen molar-refractivity contribution in [2.75, 3.05) is 25.5 Å². The number of aromatic nitrogens is 2. The monoisotopic (exact) mass is 450 g/mol. The van der Waals surface area contributed by atoms with E-state index in [1.807, 2.05) is 30.3 Å². The topological polar surface area (TPSA) is 68.3 Å². The van der Waals surface area contributed by atoms with Crippen molar-refractivity contribution < 1.29 is 9.47 Å². The third-order valence-electron chi connectivity index (χ3n) is 5.15. The smallest absolute Gasteiger partial charge is 0.162 e. The molecule has 1 aliphatic heterocycles. The van der Waals surface area contributed by atoms with E-state index in [0.29, 0.717) is 5.75 Å². The van der Waals surface area contributed by atoms with Crippen LogP contribution in [0.1, 0.15) is 31.4 Å². The zero-order valence-electron chi connectivity index (χ0n) is 17.1. The van der Waals surface area contributed by atoms with E-state index in [1.54, 1.807) is 13.4 Å². The van der Waals surface area contributed by atoms with Gasteiger partial charge in [-0.25, -0.2) is 9.97 Å². The number of ether oxygens (including phenoxy) is 2. The molecule has 2 aromatic carbocycles. The maximum absolute atomic E-state index is 6.28. The summed E-state index contributed by atoms with van der Waals surface area (Å²) in [4.78, 5) is 8.91. The predicted molar refractivity (Wildman–Crippen MR) is 126 cm³/mol. The van der Waals surface area contributed by atoms with Gasteiger partial charge in [0.1, 0.15) is 18.2 Å². The van der Waals surface area contributed by atoms with Gasteiger partial charge in [-0.05, 0) is 44.5 Å². The van der Waals surface area contributed by atoms with Crippen molar-refractivity contribution in [2.24, 2.45) is 0 Å². The van der Waals surface area contributed by atoms with Gasteiger partial charge in [0.25, 0.3) is 0 Å². The van der Waals surface area contributed by atoms with Crippen molar-refractivity contribution in [3.05, 3.63) is 54.4 Å². The number of nitrogens with one attached hydrogen (secondary N) is 2. The predicted octanol–water partition coefficient (Wildman–Crippen LogP) is 4.79. The van der Waals surface area contributed by atoms with Gasteiger partial charge in [0.2, 0.25) is 0 Å². The molecule has 3 aromatic rings. The van der Waals surface area contributed by atoms with Crippen molar-refractivity contribution in [1.29, 1.82) is 0 Å². The molecule has 4 rings (SSSR count). The number of hydrogen-bond donors (Lipinski definition) is 2. The minimum atomic E-state index is 0. The number of benzene rings is 2. The van der Waals surface area contributed by atoms with E-state index in [1.165, 1.54) is 5.56 Å². The minimum Gasteiger partial charge on any atom is -0.493 e. The molecule has 0 spiro atoms. The fourth-order valence-electron chi connectivity index (χ4n) is 3.55. The summed E-state index contributed by atoms with van der Waals surface area (Å²) in [5, 5.41) is 7.80. The van der Waals surface area contributed by atoms with Crippen LogP contribution in [0, 0.1) is 0 Å². The summed E-state index contributed by atoms with van der Waals surface area (Å²) in [7, 11) is 1.66. The van der Waals surface area contributed by atoms with Crippen LogP contribution >= 0.6 is 24.8 Å². The summed E-state index contributed by atoms with van der Waals surface area (Å²) >= 11 is 0. The van der Waals surface area contributed by atoms with Gasteiger partial charge < -0.3 is 20.1 Å². The fraction of sp³-hybridized carbons (Fsp3) is 0.364. The maximum Gasteiger partial charge on any atom is 0.162 e. The first-order valence-corrected chi connectivity index (χ1v) is 9.76. The Bertz CT molecular complexity index is 937. The molecule has 0 saturated carbocycles. The first-order chi connectivity index (χ1) is 13.7. The minimum absolute atomic E-state index is 0. The van der Waals surface area contributed by atoms with Gasteiger partial charge in [0.15, 0.2) is 11.5 Å². The molecule has 1 saturated heterocycles. The highest BCUT2D eigenvalue weighted by molar-refractivity contribution is 5.91. The van der Waals surface area contributed by atoms with Crippen LogP contribution in [0.15, 0.2) is 48.8 Å². The molecule has 1 atom stereocenters. The summed E-state index contributed by atoms with van der Waals surface area (Å²) in [5.41, 5.74) is 2.03. The Balaban J connectivity index is 0.00000160. The number of methoxy groups -OCH3 is 1. The van der Waals surface area contributed by atoms with Gasteiger partial charge in [-0.15, -0.1) is 24.8 Å². The number of hydrogen-bond acceptors (Lipinski definition) is 6. The second-order valence-electron chi connectivity index (χ2n) is 7.09. The molecule has 0 unspecified atom stereocenters. The van der Waals surface area contributed by atoms with Crippen LogP contribution in [0.5, 0.6) is 11.5 Å². The van der Waals surface area contributed by atoms with E-state index in [0.717, 1.165) is 48.4 Å². The van der Waals surface area contributed by atoms with Crippen molar-refractivity contribution in [1.82, 2.24) is 15.3 Å². The molecule has 162 valence electrons. The largest absolute Gasteiger partial charge is 0.493 e. The molecule has 1 aliphatic rings. The number of halogens is 2. The standard InChI is InChI=1S/C22H26N4O2.2ClH/c1-15(16-6-4-3-5-7-16)26-22-18-12-21(28-17-8-10-23-11-9-17)20(27-2)13-19(18)24-14-25-22;;/h3-7,12-15,17,23H,8-11H2,1-2H3,(H,24,25,26);2*1H/t15-;;/m1../s1. The fourth-order valence-corrected chi connectivity index (χ4v) is 3.55. The summed E-state index contributed by atoms with van der Waals surface area (Å²) in [6, 6.07) is 14.4. The van der Waals surface area contributed by atoms with Gasteiger partial charge in [-0.2, -0.15) is 0 Å². The van der Waals surface area contributed by atoms with Gasteiger partial charge in [0.05, 0.1) is 12.6 Å². The zero-order chi connectivity index (χ0) is 19.3. The molecule has 0 bridgehead atoms. The summed E-state index contributed by atoms with van der Waals surface area (Å²) in [6.07, 6.45) is 3.75. The van der Waals surface area contributed by atoms with Crippen LogP contribution in [-0.4, -0.2) is 36.3 Å². The third-order valence-corrected chi connectivity index (χ3v) is 5.15. The first-order valence-electron chi connectivity index (χ1n) is 9.76. The Labute approximate surface area is 189 Å². The van der Waals surface area contributed by atoms with Crippen LogP contribution in [0.3, 0.4) is 0 Å². The molecule has 0 amide bonds. The van der Waals surface area contributed by atoms with Crippen LogP contribution < -0.4 is 20.1 Å². The van der Waals surface area contributed by atoms with Crippen LogP contribution in [0.2, 0.25) is 0 Å².